The predicted molar refractivity (Wildman–Crippen MR) is 135 cm³/mol. The zero-order valence-corrected chi connectivity index (χ0v) is 23.0. The average Bonchev–Trinajstić information content (AvgIpc) is 2.90. The third-order valence-corrected chi connectivity index (χ3v) is 4.31. The second kappa shape index (κ2) is 33.1. The Hall–Kier alpha value is -0.930. The molecule has 0 unspecified atom stereocenters. The van der Waals surface area contributed by atoms with E-state index in [0.29, 0.717) is 139 Å². The van der Waals surface area contributed by atoms with Gasteiger partial charge in [-0.1, -0.05) is 0 Å². The first-order valence-corrected chi connectivity index (χ1v) is 13.2. The van der Waals surface area contributed by atoms with E-state index in [2.05, 4.69) is 0 Å². The number of hydrogen-bond donors (Lipinski definition) is 0. The van der Waals surface area contributed by atoms with Crippen molar-refractivity contribution >= 4 is 5.97 Å². The lowest BCUT2D eigenvalue weighted by molar-refractivity contribution is -0.144. The van der Waals surface area contributed by atoms with Crippen LogP contribution in [0.1, 0.15) is 20.3 Å². The van der Waals surface area contributed by atoms with Crippen LogP contribution in [-0.2, 0) is 56.9 Å². The first kappa shape index (κ1) is 36.1. The van der Waals surface area contributed by atoms with Crippen molar-refractivity contribution in [2.45, 2.75) is 20.3 Å². The molecule has 12 heteroatoms. The molecule has 0 aromatic heterocycles. The summed E-state index contributed by atoms with van der Waals surface area (Å²) >= 11 is 0. The maximum absolute atomic E-state index is 11.1. The van der Waals surface area contributed by atoms with E-state index in [0.717, 1.165) is 0 Å². The summed E-state index contributed by atoms with van der Waals surface area (Å²) in [6, 6.07) is 0. The molecule has 0 aromatic rings. The number of esters is 1. The van der Waals surface area contributed by atoms with Gasteiger partial charge in [-0.15, -0.1) is 0 Å². The Morgan fingerprint density at radius 3 is 0.838 bits per heavy atom. The van der Waals surface area contributed by atoms with Gasteiger partial charge in [0.2, 0.25) is 0 Å². The monoisotopic (exact) mass is 542 g/mol. The number of hydrogen-bond acceptors (Lipinski definition) is 12. The van der Waals surface area contributed by atoms with Gasteiger partial charge in [0, 0.05) is 6.61 Å². The van der Waals surface area contributed by atoms with Crippen molar-refractivity contribution in [3.8, 4) is 0 Å². The van der Waals surface area contributed by atoms with E-state index in [-0.39, 0.29) is 12.4 Å². The van der Waals surface area contributed by atoms with Gasteiger partial charge in [0.15, 0.2) is 0 Å². The molecule has 0 bridgehead atoms. The summed E-state index contributed by atoms with van der Waals surface area (Å²) in [5.74, 6) is -0.248. The van der Waals surface area contributed by atoms with Crippen LogP contribution in [0.4, 0.5) is 0 Å². The normalized spacial score (nSPS) is 11.3. The lowest BCUT2D eigenvalue weighted by Crippen LogP contribution is -2.15. The van der Waals surface area contributed by atoms with Gasteiger partial charge in [-0.3, -0.25) is 4.79 Å². The first-order chi connectivity index (χ1) is 18.3. The Morgan fingerprint density at radius 1 is 0.351 bits per heavy atom. The van der Waals surface area contributed by atoms with E-state index < -0.39 is 0 Å². The molecule has 222 valence electrons. The van der Waals surface area contributed by atoms with E-state index in [1.165, 1.54) is 0 Å². The molecule has 0 rings (SSSR count). The maximum atomic E-state index is 11.1. The number of carbonyl (C=O) groups excluding carboxylic acids is 1. The first-order valence-electron chi connectivity index (χ1n) is 13.2. The zero-order valence-electron chi connectivity index (χ0n) is 23.0. The summed E-state index contributed by atoms with van der Waals surface area (Å²) < 4.78 is 58.6. The van der Waals surface area contributed by atoms with Gasteiger partial charge in [0.25, 0.3) is 0 Å². The van der Waals surface area contributed by atoms with Gasteiger partial charge < -0.3 is 52.1 Å². The Bertz CT molecular complexity index is 442. The van der Waals surface area contributed by atoms with Crippen LogP contribution in [0, 0.1) is 0 Å². The Kier molecular flexibility index (Phi) is 32.3. The molecule has 0 aliphatic carbocycles. The molecule has 0 amide bonds. The molecule has 0 aromatic carbocycles. The van der Waals surface area contributed by atoms with Crippen LogP contribution in [0.2, 0.25) is 0 Å². The third-order valence-electron chi connectivity index (χ3n) is 4.31. The molecule has 0 saturated heterocycles. The number of rotatable bonds is 32. The number of ether oxygens (including phenoxy) is 11. The van der Waals surface area contributed by atoms with Crippen LogP contribution < -0.4 is 0 Å². The van der Waals surface area contributed by atoms with Gasteiger partial charge >= 0.3 is 5.97 Å². The van der Waals surface area contributed by atoms with Gasteiger partial charge in [-0.2, -0.15) is 0 Å². The molecule has 0 saturated carbocycles. The molecule has 0 N–H and O–H groups in total. The van der Waals surface area contributed by atoms with Crippen LogP contribution in [0.5, 0.6) is 0 Å². The Balaban J connectivity index is 3.04. The average molecular weight is 543 g/mol. The minimum atomic E-state index is -0.248. The summed E-state index contributed by atoms with van der Waals surface area (Å²) in [5.41, 5.74) is 0. The SMILES string of the molecule is CCOCCOCCOCCOCCOCCOCCOCCOCCOCCOCCC(=O)OCC. The maximum Gasteiger partial charge on any atom is 0.308 e. The molecule has 0 aliphatic rings. The van der Waals surface area contributed by atoms with Crippen molar-refractivity contribution in [3.05, 3.63) is 0 Å². The molecular formula is C25H50O12. The fourth-order valence-electron chi connectivity index (χ4n) is 2.51. The molecular weight excluding hydrogens is 492 g/mol. The van der Waals surface area contributed by atoms with Crippen LogP contribution in [-0.4, -0.2) is 145 Å². The van der Waals surface area contributed by atoms with Crippen molar-refractivity contribution in [1.82, 2.24) is 0 Å². The molecule has 37 heavy (non-hydrogen) atoms. The molecule has 0 spiro atoms. The van der Waals surface area contributed by atoms with Crippen LogP contribution in [0.25, 0.3) is 0 Å². The van der Waals surface area contributed by atoms with Crippen LogP contribution >= 0.6 is 0 Å². The fraction of sp³-hybridized carbons (Fsp3) is 0.960. The third kappa shape index (κ3) is 33.0. The van der Waals surface area contributed by atoms with Crippen molar-refractivity contribution < 1.29 is 56.9 Å². The molecule has 0 aliphatic heterocycles. The lowest BCUT2D eigenvalue weighted by Gasteiger charge is -2.09. The molecule has 0 heterocycles. The molecule has 0 radical (unpaired) electrons. The largest absolute Gasteiger partial charge is 0.466 e. The highest BCUT2D eigenvalue weighted by molar-refractivity contribution is 5.69. The fourth-order valence-corrected chi connectivity index (χ4v) is 2.51. The quantitative estimate of drug-likeness (QED) is 0.0895. The lowest BCUT2D eigenvalue weighted by atomic mass is 10.5. The zero-order chi connectivity index (χ0) is 26.9. The highest BCUT2D eigenvalue weighted by Crippen LogP contribution is 1.89. The summed E-state index contributed by atoms with van der Waals surface area (Å²) in [6.45, 7) is 14.5. The van der Waals surface area contributed by atoms with Crippen molar-refractivity contribution in [2.24, 2.45) is 0 Å². The van der Waals surface area contributed by atoms with Crippen molar-refractivity contribution in [3.63, 3.8) is 0 Å². The highest BCUT2D eigenvalue weighted by Gasteiger charge is 2.00. The van der Waals surface area contributed by atoms with Crippen molar-refractivity contribution in [1.29, 1.82) is 0 Å². The summed E-state index contributed by atoms with van der Waals surface area (Å²) in [4.78, 5) is 11.1. The minimum Gasteiger partial charge on any atom is -0.466 e. The van der Waals surface area contributed by atoms with Gasteiger partial charge in [0.05, 0.1) is 139 Å². The second-order valence-electron chi connectivity index (χ2n) is 7.26. The number of carbonyl (C=O) groups is 1. The Morgan fingerprint density at radius 2 is 0.595 bits per heavy atom. The van der Waals surface area contributed by atoms with Gasteiger partial charge in [-0.05, 0) is 13.8 Å². The van der Waals surface area contributed by atoms with E-state index in [9.17, 15) is 4.79 Å². The van der Waals surface area contributed by atoms with Crippen LogP contribution in [0.15, 0.2) is 0 Å². The topological polar surface area (TPSA) is 119 Å². The summed E-state index contributed by atoms with van der Waals surface area (Å²) in [6.07, 6.45) is 0.260. The Labute approximate surface area is 222 Å². The van der Waals surface area contributed by atoms with Gasteiger partial charge in [-0.25, -0.2) is 0 Å². The van der Waals surface area contributed by atoms with Crippen LogP contribution in [0.3, 0.4) is 0 Å². The standard InChI is InChI=1S/C25H50O12/c1-3-27-7-8-29-11-12-31-15-16-33-19-20-35-23-24-36-22-21-34-18-17-32-14-13-30-10-9-28-6-5-25(26)37-4-2/h3-24H2,1-2H3. The second-order valence-corrected chi connectivity index (χ2v) is 7.26. The van der Waals surface area contributed by atoms with E-state index in [4.69, 9.17) is 52.1 Å². The molecule has 0 fully saturated rings. The summed E-state index contributed by atoms with van der Waals surface area (Å²) in [7, 11) is 0. The van der Waals surface area contributed by atoms with E-state index >= 15 is 0 Å². The molecule has 0 atom stereocenters. The van der Waals surface area contributed by atoms with Crippen molar-refractivity contribution in [2.75, 3.05) is 139 Å². The van der Waals surface area contributed by atoms with E-state index in [1.54, 1.807) is 6.92 Å². The highest BCUT2D eigenvalue weighted by atomic mass is 16.6. The van der Waals surface area contributed by atoms with Gasteiger partial charge in [0.1, 0.15) is 0 Å². The predicted octanol–water partition coefficient (Wildman–Crippen LogP) is 1.13. The van der Waals surface area contributed by atoms with E-state index in [1.807, 2.05) is 6.92 Å². The smallest absolute Gasteiger partial charge is 0.308 e. The minimum absolute atomic E-state index is 0.248. The summed E-state index contributed by atoms with van der Waals surface area (Å²) in [5, 5.41) is 0. The molecule has 12 nitrogen and oxygen atoms in total.